The minimum Gasteiger partial charge on any atom is -0.497 e. The molecule has 1 aliphatic rings. The predicted octanol–water partition coefficient (Wildman–Crippen LogP) is 3.70. The molecular weight excluding hydrogens is 391 g/mol. The van der Waals surface area contributed by atoms with Crippen LogP contribution >= 0.6 is 11.8 Å². The zero-order valence-electron chi connectivity index (χ0n) is 16.0. The molecule has 3 aromatic rings. The second-order valence-electron chi connectivity index (χ2n) is 6.82. The molecule has 0 unspecified atom stereocenters. The first-order chi connectivity index (χ1) is 14.2. The lowest BCUT2D eigenvalue weighted by molar-refractivity contribution is -0.129. The summed E-state index contributed by atoms with van der Waals surface area (Å²) >= 11 is 1.32. The molecule has 2 aromatic carbocycles. The lowest BCUT2D eigenvalue weighted by atomic mass is 10.2. The molecule has 150 valence electrons. The monoisotopic (exact) mass is 412 g/mol. The molecular formula is C21H21FN4O2S. The summed E-state index contributed by atoms with van der Waals surface area (Å²) < 4.78 is 21.1. The van der Waals surface area contributed by atoms with Gasteiger partial charge in [-0.2, -0.15) is 0 Å². The molecule has 1 aromatic heterocycles. The van der Waals surface area contributed by atoms with Gasteiger partial charge in [-0.05, 0) is 31.0 Å². The summed E-state index contributed by atoms with van der Waals surface area (Å²) in [6.07, 6.45) is 3.54. The van der Waals surface area contributed by atoms with E-state index in [4.69, 9.17) is 4.74 Å². The summed E-state index contributed by atoms with van der Waals surface area (Å²) in [5.41, 5.74) is 1.40. The van der Waals surface area contributed by atoms with Crippen molar-refractivity contribution in [2.24, 2.45) is 0 Å². The van der Waals surface area contributed by atoms with Crippen LogP contribution in [0.1, 0.15) is 18.4 Å². The number of hydrogen-bond donors (Lipinski definition) is 0. The molecule has 1 amide bonds. The van der Waals surface area contributed by atoms with Crippen LogP contribution in [0, 0.1) is 5.82 Å². The van der Waals surface area contributed by atoms with Gasteiger partial charge in [-0.3, -0.25) is 9.36 Å². The Kier molecular flexibility index (Phi) is 5.80. The summed E-state index contributed by atoms with van der Waals surface area (Å²) in [4.78, 5) is 14.7. The number of hydrogen-bond acceptors (Lipinski definition) is 5. The summed E-state index contributed by atoms with van der Waals surface area (Å²) in [5, 5.41) is 8.74. The Labute approximate surface area is 172 Å². The van der Waals surface area contributed by atoms with Crippen LogP contribution in [0.25, 0.3) is 5.69 Å². The highest BCUT2D eigenvalue weighted by molar-refractivity contribution is 7.99. The highest BCUT2D eigenvalue weighted by Crippen LogP contribution is 2.30. The summed E-state index contributed by atoms with van der Waals surface area (Å²) in [5.74, 6) is 0.637. The van der Waals surface area contributed by atoms with Crippen molar-refractivity contribution in [1.29, 1.82) is 0 Å². The number of carbonyl (C=O) groups excluding carboxylic acids is 1. The number of benzene rings is 2. The van der Waals surface area contributed by atoms with E-state index in [0.717, 1.165) is 24.3 Å². The third-order valence-corrected chi connectivity index (χ3v) is 5.71. The highest BCUT2D eigenvalue weighted by atomic mass is 32.2. The first-order valence-corrected chi connectivity index (χ1v) is 10.3. The number of halogens is 1. The molecule has 0 radical (unpaired) electrons. The third kappa shape index (κ3) is 4.59. The van der Waals surface area contributed by atoms with Crippen LogP contribution in [-0.4, -0.2) is 44.5 Å². The van der Waals surface area contributed by atoms with Gasteiger partial charge in [0, 0.05) is 24.2 Å². The molecule has 0 spiro atoms. The number of carbonyl (C=O) groups is 1. The topological polar surface area (TPSA) is 60.2 Å². The predicted molar refractivity (Wildman–Crippen MR) is 109 cm³/mol. The SMILES string of the molecule is COc1cccc(-n2cnnc2SCC(=O)N(Cc2ccccc2F)C2CC2)c1. The van der Waals surface area contributed by atoms with Crippen molar-refractivity contribution in [2.45, 2.75) is 30.6 Å². The molecule has 0 bridgehead atoms. The van der Waals surface area contributed by atoms with Crippen LogP contribution in [-0.2, 0) is 11.3 Å². The van der Waals surface area contributed by atoms with Crippen molar-refractivity contribution in [3.05, 3.63) is 66.2 Å². The Morgan fingerprint density at radius 1 is 1.28 bits per heavy atom. The van der Waals surface area contributed by atoms with Crippen LogP contribution in [0.2, 0.25) is 0 Å². The second kappa shape index (κ2) is 8.65. The van der Waals surface area contributed by atoms with Gasteiger partial charge in [-0.1, -0.05) is 36.0 Å². The molecule has 0 aliphatic heterocycles. The first-order valence-electron chi connectivity index (χ1n) is 9.36. The summed E-state index contributed by atoms with van der Waals surface area (Å²) in [6, 6.07) is 14.3. The van der Waals surface area contributed by atoms with Gasteiger partial charge in [0.2, 0.25) is 5.91 Å². The number of amides is 1. The molecule has 1 aliphatic carbocycles. The third-order valence-electron chi connectivity index (χ3n) is 4.78. The maximum absolute atomic E-state index is 14.0. The van der Waals surface area contributed by atoms with E-state index < -0.39 is 0 Å². The van der Waals surface area contributed by atoms with Crippen LogP contribution in [0.3, 0.4) is 0 Å². The number of ether oxygens (including phenoxy) is 1. The average Bonchev–Trinajstić information content (AvgIpc) is 3.48. The van der Waals surface area contributed by atoms with E-state index in [-0.39, 0.29) is 23.5 Å². The Morgan fingerprint density at radius 3 is 2.86 bits per heavy atom. The maximum atomic E-state index is 14.0. The largest absolute Gasteiger partial charge is 0.497 e. The highest BCUT2D eigenvalue weighted by Gasteiger charge is 2.33. The summed E-state index contributed by atoms with van der Waals surface area (Å²) in [6.45, 7) is 0.291. The molecule has 6 nitrogen and oxygen atoms in total. The number of thioether (sulfide) groups is 1. The fraction of sp³-hybridized carbons (Fsp3) is 0.286. The molecule has 4 rings (SSSR count). The minimum atomic E-state index is -0.281. The van der Waals surface area contributed by atoms with Crippen molar-refractivity contribution in [3.8, 4) is 11.4 Å². The van der Waals surface area contributed by atoms with E-state index in [1.165, 1.54) is 17.8 Å². The van der Waals surface area contributed by atoms with Crippen molar-refractivity contribution >= 4 is 17.7 Å². The molecule has 8 heteroatoms. The second-order valence-corrected chi connectivity index (χ2v) is 7.76. The Balaban J connectivity index is 1.45. The van der Waals surface area contributed by atoms with E-state index in [1.807, 2.05) is 28.8 Å². The van der Waals surface area contributed by atoms with Crippen molar-refractivity contribution in [3.63, 3.8) is 0 Å². The smallest absolute Gasteiger partial charge is 0.233 e. The van der Waals surface area contributed by atoms with Gasteiger partial charge < -0.3 is 9.64 Å². The number of nitrogens with zero attached hydrogens (tertiary/aromatic N) is 4. The number of aromatic nitrogens is 3. The normalized spacial score (nSPS) is 13.3. The average molecular weight is 412 g/mol. The van der Waals surface area contributed by atoms with Gasteiger partial charge in [0.1, 0.15) is 17.9 Å². The molecule has 1 heterocycles. The van der Waals surface area contributed by atoms with Crippen molar-refractivity contribution in [1.82, 2.24) is 19.7 Å². The van der Waals surface area contributed by atoms with Crippen LogP contribution in [0.5, 0.6) is 5.75 Å². The van der Waals surface area contributed by atoms with E-state index >= 15 is 0 Å². The maximum Gasteiger partial charge on any atom is 0.233 e. The van der Waals surface area contributed by atoms with Gasteiger partial charge in [0.15, 0.2) is 5.16 Å². The van der Waals surface area contributed by atoms with E-state index in [0.29, 0.717) is 17.3 Å². The van der Waals surface area contributed by atoms with Crippen LogP contribution in [0.4, 0.5) is 4.39 Å². The van der Waals surface area contributed by atoms with Gasteiger partial charge in [0.05, 0.1) is 18.6 Å². The fourth-order valence-corrected chi connectivity index (χ4v) is 3.90. The van der Waals surface area contributed by atoms with Crippen molar-refractivity contribution in [2.75, 3.05) is 12.9 Å². The van der Waals surface area contributed by atoms with Gasteiger partial charge in [0.25, 0.3) is 0 Å². The van der Waals surface area contributed by atoms with Gasteiger partial charge in [-0.25, -0.2) is 4.39 Å². The molecule has 1 saturated carbocycles. The molecule has 0 saturated heterocycles. The zero-order valence-corrected chi connectivity index (χ0v) is 16.8. The van der Waals surface area contributed by atoms with Crippen molar-refractivity contribution < 1.29 is 13.9 Å². The van der Waals surface area contributed by atoms with Crippen LogP contribution < -0.4 is 4.74 Å². The number of methoxy groups -OCH3 is 1. The van der Waals surface area contributed by atoms with Crippen LogP contribution in [0.15, 0.2) is 60.0 Å². The lowest BCUT2D eigenvalue weighted by Gasteiger charge is -2.22. The van der Waals surface area contributed by atoms with Gasteiger partial charge in [-0.15, -0.1) is 10.2 Å². The molecule has 0 N–H and O–H groups in total. The Bertz CT molecular complexity index is 1010. The minimum absolute atomic E-state index is 0.0269. The Hall–Kier alpha value is -2.87. The number of rotatable bonds is 8. The quantitative estimate of drug-likeness (QED) is 0.528. The molecule has 1 fully saturated rings. The van der Waals surface area contributed by atoms with Gasteiger partial charge >= 0.3 is 0 Å². The fourth-order valence-electron chi connectivity index (χ4n) is 3.09. The standard InChI is InChI=1S/C21H21FN4O2S/c1-28-18-7-4-6-17(11-18)26-14-23-24-21(26)29-13-20(27)25(16-9-10-16)12-15-5-2-3-8-19(15)22/h2-8,11,14,16H,9-10,12-13H2,1H3. The van der Waals surface area contributed by atoms with E-state index in [9.17, 15) is 9.18 Å². The zero-order chi connectivity index (χ0) is 20.2. The van der Waals surface area contributed by atoms with E-state index in [2.05, 4.69) is 10.2 Å². The Morgan fingerprint density at radius 2 is 2.10 bits per heavy atom. The summed E-state index contributed by atoms with van der Waals surface area (Å²) in [7, 11) is 1.61. The first kappa shape index (κ1) is 19.4. The van der Waals surface area contributed by atoms with E-state index in [1.54, 1.807) is 36.5 Å². The molecule has 0 atom stereocenters. The molecule has 29 heavy (non-hydrogen) atoms. The lowest BCUT2D eigenvalue weighted by Crippen LogP contribution is -2.34.